The molecular weight excluding hydrogens is 338 g/mol. The first-order valence-corrected chi connectivity index (χ1v) is 8.42. The van der Waals surface area contributed by atoms with Gasteiger partial charge in [-0.2, -0.15) is 0 Å². The number of ketones is 1. The van der Waals surface area contributed by atoms with Gasteiger partial charge in [-0.1, -0.05) is 13.8 Å². The number of H-pyrrole nitrogens is 1. The quantitative estimate of drug-likeness (QED) is 0.522. The van der Waals surface area contributed by atoms with Gasteiger partial charge in [-0.25, -0.2) is 13.8 Å². The van der Waals surface area contributed by atoms with E-state index in [9.17, 15) is 13.6 Å². The predicted molar refractivity (Wildman–Crippen MR) is 96.9 cm³/mol. The normalized spacial score (nSPS) is 11.4. The minimum atomic E-state index is -1.04. The summed E-state index contributed by atoms with van der Waals surface area (Å²) in [5, 5.41) is 0.529. The van der Waals surface area contributed by atoms with Crippen molar-refractivity contribution in [3.05, 3.63) is 58.9 Å². The molecule has 0 fully saturated rings. The summed E-state index contributed by atoms with van der Waals surface area (Å²) in [6.45, 7) is 6.56. The van der Waals surface area contributed by atoms with E-state index in [1.54, 1.807) is 6.20 Å². The molecule has 0 radical (unpaired) electrons. The Labute approximate surface area is 149 Å². The number of nitrogen functional groups attached to an aromatic ring is 1. The van der Waals surface area contributed by atoms with Gasteiger partial charge in [-0.15, -0.1) is 0 Å². The average molecular weight is 358 g/mol. The lowest BCUT2D eigenvalue weighted by molar-refractivity contribution is 0.103. The molecule has 2 heterocycles. The molecule has 2 aromatic heterocycles. The Morgan fingerprint density at radius 2 is 2.00 bits per heavy atom. The monoisotopic (exact) mass is 358 g/mol. The Hall–Kier alpha value is -2.80. The number of nitrogens with one attached hydrogen (secondary N) is 1. The molecule has 0 unspecified atom stereocenters. The molecule has 3 N–H and O–H groups in total. The molecule has 26 heavy (non-hydrogen) atoms. The van der Waals surface area contributed by atoms with E-state index in [1.165, 1.54) is 6.20 Å². The highest BCUT2D eigenvalue weighted by Gasteiger charge is 2.23. The van der Waals surface area contributed by atoms with E-state index >= 15 is 0 Å². The van der Waals surface area contributed by atoms with Crippen LogP contribution in [0.2, 0.25) is 0 Å². The number of rotatable bonds is 6. The van der Waals surface area contributed by atoms with Crippen molar-refractivity contribution in [2.24, 2.45) is 0 Å². The number of anilines is 1. The van der Waals surface area contributed by atoms with Gasteiger partial charge in [0.05, 0.1) is 11.3 Å². The Morgan fingerprint density at radius 3 is 2.69 bits per heavy atom. The van der Waals surface area contributed by atoms with E-state index in [0.717, 1.165) is 30.8 Å². The molecular formula is C19H20F2N4O. The lowest BCUT2D eigenvalue weighted by atomic mass is 10.0. The lowest BCUT2D eigenvalue weighted by Crippen LogP contribution is -2.22. The van der Waals surface area contributed by atoms with Gasteiger partial charge >= 0.3 is 0 Å². The van der Waals surface area contributed by atoms with Crippen molar-refractivity contribution in [2.45, 2.75) is 20.4 Å². The van der Waals surface area contributed by atoms with Crippen molar-refractivity contribution in [3.8, 4) is 0 Å². The summed E-state index contributed by atoms with van der Waals surface area (Å²) < 4.78 is 28.3. The second-order valence-corrected chi connectivity index (χ2v) is 6.06. The van der Waals surface area contributed by atoms with Crippen molar-refractivity contribution < 1.29 is 13.6 Å². The van der Waals surface area contributed by atoms with Gasteiger partial charge in [0.1, 0.15) is 11.5 Å². The fraction of sp³-hybridized carbons (Fsp3) is 0.263. The van der Waals surface area contributed by atoms with Crippen molar-refractivity contribution in [1.29, 1.82) is 0 Å². The van der Waals surface area contributed by atoms with Crippen molar-refractivity contribution in [1.82, 2.24) is 14.9 Å². The van der Waals surface area contributed by atoms with E-state index < -0.39 is 23.0 Å². The fourth-order valence-corrected chi connectivity index (χ4v) is 2.94. The van der Waals surface area contributed by atoms with Crippen LogP contribution < -0.4 is 5.73 Å². The summed E-state index contributed by atoms with van der Waals surface area (Å²) in [5.74, 6) is -2.75. The zero-order valence-corrected chi connectivity index (χ0v) is 14.6. The SMILES string of the molecule is CCN(CC)Cc1cnc2[nH]cc(C(=O)c3c(F)ccc(N)c3F)c2c1. The first-order valence-electron chi connectivity index (χ1n) is 8.42. The van der Waals surface area contributed by atoms with Crippen LogP contribution in [0.1, 0.15) is 35.3 Å². The molecule has 0 spiro atoms. The van der Waals surface area contributed by atoms with Gasteiger partial charge in [-0.05, 0) is 36.9 Å². The van der Waals surface area contributed by atoms with Crippen molar-refractivity contribution >= 4 is 22.5 Å². The van der Waals surface area contributed by atoms with Gasteiger partial charge in [-0.3, -0.25) is 9.69 Å². The maximum absolute atomic E-state index is 14.2. The number of hydrogen-bond acceptors (Lipinski definition) is 4. The number of fused-ring (bicyclic) bond motifs is 1. The zero-order chi connectivity index (χ0) is 18.8. The molecule has 136 valence electrons. The molecule has 5 nitrogen and oxygen atoms in total. The number of halogens is 2. The van der Waals surface area contributed by atoms with Crippen LogP contribution in [0, 0.1) is 11.6 Å². The number of nitrogens with two attached hydrogens (primary N) is 1. The molecule has 3 rings (SSSR count). The second-order valence-electron chi connectivity index (χ2n) is 6.06. The highest BCUT2D eigenvalue weighted by molar-refractivity contribution is 6.16. The topological polar surface area (TPSA) is 75.0 Å². The highest BCUT2D eigenvalue weighted by Crippen LogP contribution is 2.26. The molecule has 0 amide bonds. The Kier molecular flexibility index (Phi) is 4.99. The number of aromatic amines is 1. The Balaban J connectivity index is 2.06. The van der Waals surface area contributed by atoms with Crippen LogP contribution in [-0.2, 0) is 6.54 Å². The van der Waals surface area contributed by atoms with Crippen LogP contribution in [0.3, 0.4) is 0 Å². The third-order valence-electron chi connectivity index (χ3n) is 4.48. The maximum Gasteiger partial charge on any atom is 0.201 e. The molecule has 0 atom stereocenters. The zero-order valence-electron chi connectivity index (χ0n) is 14.6. The maximum atomic E-state index is 14.2. The summed E-state index contributed by atoms with van der Waals surface area (Å²) in [6.07, 6.45) is 3.15. The number of carbonyl (C=O) groups excluding carboxylic acids is 1. The molecule has 0 bridgehead atoms. The largest absolute Gasteiger partial charge is 0.396 e. The Morgan fingerprint density at radius 1 is 1.27 bits per heavy atom. The first kappa shape index (κ1) is 18.0. The average Bonchev–Trinajstić information content (AvgIpc) is 3.06. The van der Waals surface area contributed by atoms with Crippen LogP contribution in [0.25, 0.3) is 11.0 Å². The number of carbonyl (C=O) groups is 1. The standard InChI is InChI=1S/C19H20F2N4O/c1-3-25(4-2)10-11-7-12-13(9-24-19(12)23-8-11)18(26)16-14(20)5-6-15(22)17(16)21/h5-9H,3-4,10,22H2,1-2H3,(H,23,24). The van der Waals surface area contributed by atoms with E-state index in [2.05, 4.69) is 28.7 Å². The molecule has 0 saturated carbocycles. The van der Waals surface area contributed by atoms with Gasteiger partial charge in [0.2, 0.25) is 5.78 Å². The molecule has 0 aliphatic carbocycles. The molecule has 0 aliphatic heterocycles. The molecule has 3 aromatic rings. The molecule has 1 aromatic carbocycles. The summed E-state index contributed by atoms with van der Waals surface area (Å²) in [7, 11) is 0. The molecule has 0 aliphatic rings. The van der Waals surface area contributed by atoms with E-state index in [0.29, 0.717) is 17.6 Å². The summed E-state index contributed by atoms with van der Waals surface area (Å²) in [4.78, 5) is 22.2. The summed E-state index contributed by atoms with van der Waals surface area (Å²) in [5.41, 5.74) is 6.13. The Bertz CT molecular complexity index is 964. The minimum Gasteiger partial charge on any atom is -0.396 e. The fourth-order valence-electron chi connectivity index (χ4n) is 2.94. The number of aromatic nitrogens is 2. The van der Waals surface area contributed by atoms with Crippen LogP contribution in [0.5, 0.6) is 0 Å². The molecule has 7 heteroatoms. The van der Waals surface area contributed by atoms with Crippen molar-refractivity contribution in [3.63, 3.8) is 0 Å². The number of pyridine rings is 1. The van der Waals surface area contributed by atoms with E-state index in [1.807, 2.05) is 6.07 Å². The summed E-state index contributed by atoms with van der Waals surface area (Å²) in [6, 6.07) is 3.91. The second kappa shape index (κ2) is 7.21. The van der Waals surface area contributed by atoms with Gasteiger partial charge in [0, 0.05) is 29.9 Å². The van der Waals surface area contributed by atoms with Gasteiger partial charge in [0.15, 0.2) is 5.82 Å². The molecule has 0 saturated heterocycles. The van der Waals surface area contributed by atoms with Crippen molar-refractivity contribution in [2.75, 3.05) is 18.8 Å². The first-order chi connectivity index (χ1) is 12.5. The van der Waals surface area contributed by atoms with Crippen LogP contribution >= 0.6 is 0 Å². The van der Waals surface area contributed by atoms with Crippen LogP contribution in [0.15, 0.2) is 30.6 Å². The van der Waals surface area contributed by atoms with Crippen LogP contribution in [0.4, 0.5) is 14.5 Å². The number of nitrogens with zero attached hydrogens (tertiary/aromatic N) is 2. The third kappa shape index (κ3) is 3.17. The minimum absolute atomic E-state index is 0.164. The highest BCUT2D eigenvalue weighted by atomic mass is 19.1. The van der Waals surface area contributed by atoms with E-state index in [-0.39, 0.29) is 11.3 Å². The van der Waals surface area contributed by atoms with Gasteiger partial charge in [0.25, 0.3) is 0 Å². The summed E-state index contributed by atoms with van der Waals surface area (Å²) >= 11 is 0. The number of hydrogen-bond donors (Lipinski definition) is 2. The number of benzene rings is 1. The van der Waals surface area contributed by atoms with Crippen LogP contribution in [-0.4, -0.2) is 33.7 Å². The lowest BCUT2D eigenvalue weighted by Gasteiger charge is -2.17. The van der Waals surface area contributed by atoms with Gasteiger partial charge < -0.3 is 10.7 Å². The predicted octanol–water partition coefficient (Wildman–Crippen LogP) is 3.50. The smallest absolute Gasteiger partial charge is 0.201 e. The van der Waals surface area contributed by atoms with E-state index in [4.69, 9.17) is 5.73 Å². The third-order valence-corrected chi connectivity index (χ3v) is 4.48.